The minimum absolute atomic E-state index is 0.224. The first-order valence-corrected chi connectivity index (χ1v) is 9.63. The van der Waals surface area contributed by atoms with Gasteiger partial charge in [0.15, 0.2) is 0 Å². The van der Waals surface area contributed by atoms with E-state index in [4.69, 9.17) is 0 Å². The van der Waals surface area contributed by atoms with Gasteiger partial charge in [0.25, 0.3) is 11.8 Å². The van der Waals surface area contributed by atoms with Gasteiger partial charge in [-0.3, -0.25) is 9.59 Å². The van der Waals surface area contributed by atoms with E-state index in [0.29, 0.717) is 0 Å². The number of pyridine rings is 1. The van der Waals surface area contributed by atoms with Crippen LogP contribution in [0.25, 0.3) is 0 Å². The van der Waals surface area contributed by atoms with Gasteiger partial charge in [0.1, 0.15) is 11.4 Å². The zero-order chi connectivity index (χ0) is 18.6. The second-order valence-corrected chi connectivity index (χ2v) is 7.20. The van der Waals surface area contributed by atoms with Crippen molar-refractivity contribution in [3.63, 3.8) is 0 Å². The molecule has 0 spiro atoms. The zero-order valence-electron chi connectivity index (χ0n) is 15.3. The lowest BCUT2D eigenvalue weighted by Gasteiger charge is -2.28. The number of rotatable bonds is 5. The predicted molar refractivity (Wildman–Crippen MR) is 105 cm³/mol. The number of hydrogen-bond donors (Lipinski definition) is 2. The molecule has 0 radical (unpaired) electrons. The third-order valence-corrected chi connectivity index (χ3v) is 4.97. The highest BCUT2D eigenvalue weighted by Crippen LogP contribution is 2.22. The minimum atomic E-state index is -0.318. The molecule has 0 unspecified atom stereocenters. The van der Waals surface area contributed by atoms with Crippen LogP contribution >= 0.6 is 0 Å². The van der Waals surface area contributed by atoms with E-state index in [1.807, 2.05) is 24.3 Å². The Balaban J connectivity index is 1.40. The largest absolute Gasteiger partial charge is 0.372 e. The molecule has 1 saturated heterocycles. The second-order valence-electron chi connectivity index (χ2n) is 7.20. The van der Waals surface area contributed by atoms with Gasteiger partial charge < -0.3 is 15.5 Å². The maximum atomic E-state index is 12.5. The fourth-order valence-corrected chi connectivity index (χ4v) is 3.28. The van der Waals surface area contributed by atoms with E-state index in [-0.39, 0.29) is 29.2 Å². The quantitative estimate of drug-likeness (QED) is 0.854. The molecule has 2 aromatic rings. The van der Waals surface area contributed by atoms with E-state index >= 15 is 0 Å². The van der Waals surface area contributed by atoms with Crippen LogP contribution in [0, 0.1) is 0 Å². The molecule has 1 aliphatic carbocycles. The molecular weight excluding hydrogens is 340 g/mol. The molecule has 2 fully saturated rings. The molecular formula is C21H24N4O2. The lowest BCUT2D eigenvalue weighted by Crippen LogP contribution is -2.29. The summed E-state index contributed by atoms with van der Waals surface area (Å²) in [7, 11) is 0. The van der Waals surface area contributed by atoms with Gasteiger partial charge >= 0.3 is 0 Å². The summed E-state index contributed by atoms with van der Waals surface area (Å²) < 4.78 is 0. The molecule has 1 aromatic carbocycles. The van der Waals surface area contributed by atoms with Gasteiger partial charge in [-0.05, 0) is 68.5 Å². The van der Waals surface area contributed by atoms with E-state index in [2.05, 4.69) is 20.5 Å². The van der Waals surface area contributed by atoms with Gasteiger partial charge in [-0.15, -0.1) is 0 Å². The number of anilines is 2. The van der Waals surface area contributed by atoms with Crippen molar-refractivity contribution in [3.05, 3.63) is 53.9 Å². The fourth-order valence-electron chi connectivity index (χ4n) is 3.28. The summed E-state index contributed by atoms with van der Waals surface area (Å²) >= 11 is 0. The lowest BCUT2D eigenvalue weighted by atomic mass is 10.1. The van der Waals surface area contributed by atoms with Crippen LogP contribution in [0.1, 0.15) is 53.1 Å². The van der Waals surface area contributed by atoms with Crippen LogP contribution in [0.15, 0.2) is 42.5 Å². The minimum Gasteiger partial charge on any atom is -0.372 e. The third kappa shape index (κ3) is 4.45. The Morgan fingerprint density at radius 2 is 1.56 bits per heavy atom. The second kappa shape index (κ2) is 7.78. The molecule has 2 N–H and O–H groups in total. The highest BCUT2D eigenvalue weighted by Gasteiger charge is 2.24. The Hall–Kier alpha value is -2.89. The molecule has 6 nitrogen and oxygen atoms in total. The summed E-state index contributed by atoms with van der Waals surface area (Å²) in [4.78, 5) is 31.2. The predicted octanol–water partition coefficient (Wildman–Crippen LogP) is 3.22. The molecule has 1 saturated carbocycles. The van der Waals surface area contributed by atoms with Crippen molar-refractivity contribution in [1.82, 2.24) is 10.3 Å². The summed E-state index contributed by atoms with van der Waals surface area (Å²) in [5.74, 6) is -0.542. The van der Waals surface area contributed by atoms with Gasteiger partial charge in [-0.25, -0.2) is 4.98 Å². The molecule has 27 heavy (non-hydrogen) atoms. The standard InChI is InChI=1S/C21H24N4O2/c26-20(22-15-7-8-15)18-5-4-6-19(24-18)21(27)23-16-9-11-17(12-10-16)25-13-2-1-3-14-25/h4-6,9-12,15H,1-3,7-8,13-14H2,(H,22,26)(H,23,27). The number of carbonyl (C=O) groups is 2. The number of aromatic nitrogens is 1. The molecule has 6 heteroatoms. The van der Waals surface area contributed by atoms with Gasteiger partial charge in [-0.2, -0.15) is 0 Å². The molecule has 1 aliphatic heterocycles. The number of piperidine rings is 1. The topological polar surface area (TPSA) is 74.3 Å². The normalized spacial score (nSPS) is 16.7. The van der Waals surface area contributed by atoms with E-state index in [1.54, 1.807) is 18.2 Å². The van der Waals surface area contributed by atoms with Crippen molar-refractivity contribution >= 4 is 23.2 Å². The first-order chi connectivity index (χ1) is 13.2. The fraction of sp³-hybridized carbons (Fsp3) is 0.381. The number of nitrogens with zero attached hydrogens (tertiary/aromatic N) is 2. The number of amides is 2. The highest BCUT2D eigenvalue weighted by molar-refractivity contribution is 6.04. The average molecular weight is 364 g/mol. The number of nitrogens with one attached hydrogen (secondary N) is 2. The van der Waals surface area contributed by atoms with Crippen LogP contribution < -0.4 is 15.5 Å². The van der Waals surface area contributed by atoms with Crippen LogP contribution in [-0.2, 0) is 0 Å². The van der Waals surface area contributed by atoms with Crippen molar-refractivity contribution in [2.75, 3.05) is 23.3 Å². The van der Waals surface area contributed by atoms with Crippen molar-refractivity contribution < 1.29 is 9.59 Å². The third-order valence-electron chi connectivity index (χ3n) is 4.97. The Bertz CT molecular complexity index is 824. The molecule has 0 atom stereocenters. The maximum Gasteiger partial charge on any atom is 0.274 e. The molecule has 0 bridgehead atoms. The summed E-state index contributed by atoms with van der Waals surface area (Å²) in [5.41, 5.74) is 2.41. The van der Waals surface area contributed by atoms with Crippen molar-refractivity contribution in [1.29, 1.82) is 0 Å². The first-order valence-electron chi connectivity index (χ1n) is 9.63. The van der Waals surface area contributed by atoms with Crippen LogP contribution in [0.5, 0.6) is 0 Å². The SMILES string of the molecule is O=C(Nc1ccc(N2CCCCC2)cc1)c1cccc(C(=O)NC2CC2)n1. The molecule has 2 heterocycles. The monoisotopic (exact) mass is 364 g/mol. The van der Waals surface area contributed by atoms with E-state index in [1.165, 1.54) is 24.9 Å². The Kier molecular flexibility index (Phi) is 5.05. The van der Waals surface area contributed by atoms with Gasteiger partial charge in [0.2, 0.25) is 0 Å². The summed E-state index contributed by atoms with van der Waals surface area (Å²) in [6.45, 7) is 2.18. The average Bonchev–Trinajstić information content (AvgIpc) is 3.53. The molecule has 4 rings (SSSR count). The summed E-state index contributed by atoms with van der Waals surface area (Å²) in [6.07, 6.45) is 5.79. The lowest BCUT2D eigenvalue weighted by molar-refractivity contribution is 0.0946. The zero-order valence-corrected chi connectivity index (χ0v) is 15.3. The number of hydrogen-bond acceptors (Lipinski definition) is 4. The van der Waals surface area contributed by atoms with Crippen molar-refractivity contribution in [2.24, 2.45) is 0 Å². The summed E-state index contributed by atoms with van der Waals surface area (Å²) in [6, 6.07) is 13.1. The Labute approximate surface area is 159 Å². The maximum absolute atomic E-state index is 12.5. The smallest absolute Gasteiger partial charge is 0.274 e. The Morgan fingerprint density at radius 3 is 2.22 bits per heavy atom. The number of benzene rings is 1. The van der Waals surface area contributed by atoms with Gasteiger partial charge in [0, 0.05) is 30.5 Å². The van der Waals surface area contributed by atoms with Crippen LogP contribution in [0.3, 0.4) is 0 Å². The summed E-state index contributed by atoms with van der Waals surface area (Å²) in [5, 5.41) is 5.74. The van der Waals surface area contributed by atoms with Crippen molar-refractivity contribution in [2.45, 2.75) is 38.1 Å². The van der Waals surface area contributed by atoms with E-state index < -0.39 is 0 Å². The molecule has 2 amide bonds. The number of carbonyl (C=O) groups excluding carboxylic acids is 2. The van der Waals surface area contributed by atoms with E-state index in [0.717, 1.165) is 31.6 Å². The van der Waals surface area contributed by atoms with E-state index in [9.17, 15) is 9.59 Å². The van der Waals surface area contributed by atoms with Crippen LogP contribution in [-0.4, -0.2) is 35.9 Å². The van der Waals surface area contributed by atoms with Crippen LogP contribution in [0.2, 0.25) is 0 Å². The molecule has 140 valence electrons. The Morgan fingerprint density at radius 1 is 0.889 bits per heavy atom. The first kappa shape index (κ1) is 17.5. The van der Waals surface area contributed by atoms with Gasteiger partial charge in [0.05, 0.1) is 0 Å². The molecule has 2 aliphatic rings. The van der Waals surface area contributed by atoms with Gasteiger partial charge in [-0.1, -0.05) is 6.07 Å². The highest BCUT2D eigenvalue weighted by atomic mass is 16.2. The van der Waals surface area contributed by atoms with Crippen molar-refractivity contribution in [3.8, 4) is 0 Å². The molecule has 1 aromatic heterocycles. The van der Waals surface area contributed by atoms with Crippen LogP contribution in [0.4, 0.5) is 11.4 Å².